The van der Waals surface area contributed by atoms with E-state index in [2.05, 4.69) is 10.3 Å². The zero-order chi connectivity index (χ0) is 12.8. The van der Waals surface area contributed by atoms with E-state index >= 15 is 0 Å². The third-order valence-electron chi connectivity index (χ3n) is 2.40. The Balaban J connectivity index is 2.58. The van der Waals surface area contributed by atoms with E-state index in [1.165, 1.54) is 11.8 Å². The van der Waals surface area contributed by atoms with Crippen molar-refractivity contribution in [1.82, 2.24) is 14.9 Å². The van der Waals surface area contributed by atoms with Crippen LogP contribution in [0.15, 0.2) is 11.4 Å². The van der Waals surface area contributed by atoms with Crippen molar-refractivity contribution in [3.05, 3.63) is 11.9 Å². The fourth-order valence-electron chi connectivity index (χ4n) is 1.29. The molecule has 1 unspecified atom stereocenters. The van der Waals surface area contributed by atoms with Crippen LogP contribution >= 0.6 is 11.8 Å². The lowest BCUT2D eigenvalue weighted by molar-refractivity contribution is -0.120. The number of hydrogen-bond donors (Lipinski definition) is 2. The predicted octanol–water partition coefficient (Wildman–Crippen LogP) is 0.919. The smallest absolute Gasteiger partial charge is 0.233 e. The molecule has 0 saturated carbocycles. The Hall–Kier alpha value is -1.01. The normalized spacial score (nSPS) is 12.5. The zero-order valence-corrected chi connectivity index (χ0v) is 11.3. The first-order valence-electron chi connectivity index (χ1n) is 5.66. The molecule has 1 amide bonds. The van der Waals surface area contributed by atoms with Gasteiger partial charge in [0.05, 0.1) is 23.7 Å². The van der Waals surface area contributed by atoms with E-state index in [9.17, 15) is 4.79 Å². The Morgan fingerprint density at radius 2 is 2.41 bits per heavy atom. The number of nitrogens with zero attached hydrogens (tertiary/aromatic N) is 2. The molecule has 6 heteroatoms. The molecule has 96 valence electrons. The first-order chi connectivity index (χ1) is 8.10. The molecule has 2 N–H and O–H groups in total. The van der Waals surface area contributed by atoms with Gasteiger partial charge < -0.3 is 15.0 Å². The topological polar surface area (TPSA) is 67.2 Å². The van der Waals surface area contributed by atoms with Gasteiger partial charge in [-0.05, 0) is 13.3 Å². The molecular weight excluding hydrogens is 238 g/mol. The van der Waals surface area contributed by atoms with Gasteiger partial charge in [0.25, 0.3) is 0 Å². The number of amides is 1. The van der Waals surface area contributed by atoms with Crippen LogP contribution in [0.3, 0.4) is 0 Å². The first kappa shape index (κ1) is 14.1. The first-order valence-corrected chi connectivity index (χ1v) is 6.53. The molecule has 1 heterocycles. The third-order valence-corrected chi connectivity index (χ3v) is 3.56. The van der Waals surface area contributed by atoms with Crippen molar-refractivity contribution in [2.45, 2.75) is 37.3 Å². The Morgan fingerprint density at radius 3 is 2.94 bits per heavy atom. The van der Waals surface area contributed by atoms with Crippen molar-refractivity contribution in [2.75, 3.05) is 6.54 Å². The molecule has 0 aliphatic rings. The minimum Gasteiger partial charge on any atom is -0.390 e. The monoisotopic (exact) mass is 257 g/mol. The number of carbonyl (C=O) groups is 1. The van der Waals surface area contributed by atoms with E-state index < -0.39 is 0 Å². The molecule has 0 radical (unpaired) electrons. The van der Waals surface area contributed by atoms with Crippen LogP contribution < -0.4 is 5.32 Å². The number of thioether (sulfide) groups is 1. The summed E-state index contributed by atoms with van der Waals surface area (Å²) in [5.41, 5.74) is 0.744. The molecule has 0 aliphatic heterocycles. The van der Waals surface area contributed by atoms with Crippen molar-refractivity contribution >= 4 is 17.7 Å². The molecule has 0 aliphatic carbocycles. The number of aliphatic hydroxyl groups is 1. The Bertz CT molecular complexity index is 379. The van der Waals surface area contributed by atoms with Crippen LogP contribution in [0.25, 0.3) is 0 Å². The highest BCUT2D eigenvalue weighted by Gasteiger charge is 2.17. The summed E-state index contributed by atoms with van der Waals surface area (Å²) in [6, 6.07) is 0. The second kappa shape index (κ2) is 6.66. The maximum Gasteiger partial charge on any atom is 0.233 e. The van der Waals surface area contributed by atoms with Gasteiger partial charge in [-0.25, -0.2) is 4.98 Å². The maximum absolute atomic E-state index is 11.7. The average molecular weight is 257 g/mol. The number of imidazole rings is 1. The molecule has 1 atom stereocenters. The van der Waals surface area contributed by atoms with Crippen molar-refractivity contribution in [3.63, 3.8) is 0 Å². The summed E-state index contributed by atoms with van der Waals surface area (Å²) in [6.45, 7) is 4.53. The summed E-state index contributed by atoms with van der Waals surface area (Å²) in [5, 5.41) is 12.4. The van der Waals surface area contributed by atoms with Crippen LogP contribution in [-0.2, 0) is 18.4 Å². The van der Waals surface area contributed by atoms with Gasteiger partial charge in [-0.15, -0.1) is 0 Å². The minimum absolute atomic E-state index is 0.0189. The van der Waals surface area contributed by atoms with Gasteiger partial charge in [0.1, 0.15) is 0 Å². The van der Waals surface area contributed by atoms with Crippen LogP contribution in [0, 0.1) is 0 Å². The highest BCUT2D eigenvalue weighted by atomic mass is 32.2. The predicted molar refractivity (Wildman–Crippen MR) is 67.8 cm³/mol. The molecular formula is C11H19N3O2S. The number of carbonyl (C=O) groups excluding carboxylic acids is 1. The fourth-order valence-corrected chi connectivity index (χ4v) is 2.18. The van der Waals surface area contributed by atoms with E-state index in [1.807, 2.05) is 20.9 Å². The van der Waals surface area contributed by atoms with Gasteiger partial charge >= 0.3 is 0 Å². The van der Waals surface area contributed by atoms with Crippen LogP contribution in [0.2, 0.25) is 0 Å². The second-order valence-electron chi connectivity index (χ2n) is 3.80. The van der Waals surface area contributed by atoms with Crippen LogP contribution in [-0.4, -0.2) is 32.4 Å². The van der Waals surface area contributed by atoms with Gasteiger partial charge in [0.2, 0.25) is 5.91 Å². The van der Waals surface area contributed by atoms with Crippen LogP contribution in [0.5, 0.6) is 0 Å². The summed E-state index contributed by atoms with van der Waals surface area (Å²) in [7, 11) is 1.83. The lowest BCUT2D eigenvalue weighted by Crippen LogP contribution is -2.31. The Kier molecular flexibility index (Phi) is 5.50. The van der Waals surface area contributed by atoms with Crippen molar-refractivity contribution < 1.29 is 9.90 Å². The van der Waals surface area contributed by atoms with Gasteiger partial charge in [0.15, 0.2) is 5.16 Å². The molecule has 0 spiro atoms. The van der Waals surface area contributed by atoms with Crippen molar-refractivity contribution in [2.24, 2.45) is 7.05 Å². The average Bonchev–Trinajstić information content (AvgIpc) is 2.67. The van der Waals surface area contributed by atoms with Gasteiger partial charge in [0, 0.05) is 13.6 Å². The van der Waals surface area contributed by atoms with Gasteiger partial charge in [-0.2, -0.15) is 0 Å². The Morgan fingerprint density at radius 1 is 1.71 bits per heavy atom. The summed E-state index contributed by atoms with van der Waals surface area (Å²) in [5.74, 6) is 0.0189. The molecule has 0 bridgehead atoms. The second-order valence-corrected chi connectivity index (χ2v) is 5.11. The highest BCUT2D eigenvalue weighted by Crippen LogP contribution is 2.22. The highest BCUT2D eigenvalue weighted by molar-refractivity contribution is 8.00. The van der Waals surface area contributed by atoms with Crippen LogP contribution in [0.1, 0.15) is 26.0 Å². The van der Waals surface area contributed by atoms with Gasteiger partial charge in [-0.3, -0.25) is 4.79 Å². The number of nitrogens with one attached hydrogen (secondary N) is 1. The van der Waals surface area contributed by atoms with E-state index in [-0.39, 0.29) is 17.8 Å². The number of aromatic nitrogens is 2. The van der Waals surface area contributed by atoms with E-state index in [0.717, 1.165) is 17.3 Å². The van der Waals surface area contributed by atoms with E-state index in [4.69, 9.17) is 5.11 Å². The molecule has 0 fully saturated rings. The van der Waals surface area contributed by atoms with E-state index in [1.54, 1.807) is 10.8 Å². The van der Waals surface area contributed by atoms with Crippen molar-refractivity contribution in [3.8, 4) is 0 Å². The lowest BCUT2D eigenvalue weighted by atomic mass is 10.4. The Labute approximate surface area is 106 Å². The summed E-state index contributed by atoms with van der Waals surface area (Å²) < 4.78 is 1.80. The molecule has 1 aromatic heterocycles. The quantitative estimate of drug-likeness (QED) is 0.744. The van der Waals surface area contributed by atoms with E-state index in [0.29, 0.717) is 6.54 Å². The maximum atomic E-state index is 11.7. The largest absolute Gasteiger partial charge is 0.390 e. The van der Waals surface area contributed by atoms with Crippen LogP contribution in [0.4, 0.5) is 0 Å². The standard InChI is InChI=1S/C11H19N3O2S/c1-4-5-12-10(16)8(2)17-11-13-6-9(7-15)14(11)3/h6,8,15H,4-5,7H2,1-3H3,(H,12,16). The molecule has 17 heavy (non-hydrogen) atoms. The molecule has 1 aromatic rings. The molecule has 5 nitrogen and oxygen atoms in total. The number of aliphatic hydroxyl groups excluding tert-OH is 1. The number of rotatable bonds is 6. The zero-order valence-electron chi connectivity index (χ0n) is 10.4. The summed E-state index contributed by atoms with van der Waals surface area (Å²) >= 11 is 1.39. The molecule has 0 aromatic carbocycles. The van der Waals surface area contributed by atoms with Crippen molar-refractivity contribution in [1.29, 1.82) is 0 Å². The summed E-state index contributed by atoms with van der Waals surface area (Å²) in [4.78, 5) is 15.9. The molecule has 1 rings (SSSR count). The summed E-state index contributed by atoms with van der Waals surface area (Å²) in [6.07, 6.45) is 2.55. The minimum atomic E-state index is -0.186. The van der Waals surface area contributed by atoms with Gasteiger partial charge in [-0.1, -0.05) is 18.7 Å². The lowest BCUT2D eigenvalue weighted by Gasteiger charge is -2.11. The SMILES string of the molecule is CCCNC(=O)C(C)Sc1ncc(CO)n1C. The third kappa shape index (κ3) is 3.74. The molecule has 0 saturated heterocycles. The fraction of sp³-hybridized carbons (Fsp3) is 0.636. The number of hydrogen-bond acceptors (Lipinski definition) is 4.